The summed E-state index contributed by atoms with van der Waals surface area (Å²) in [5.74, 6) is 0.496. The fourth-order valence-corrected chi connectivity index (χ4v) is 2.86. The van der Waals surface area contributed by atoms with E-state index in [1.165, 1.54) is 0 Å². The van der Waals surface area contributed by atoms with Crippen molar-refractivity contribution in [1.82, 2.24) is 5.16 Å². The molecule has 0 saturated heterocycles. The molecule has 134 valence electrons. The fourth-order valence-electron chi connectivity index (χ4n) is 2.60. The van der Waals surface area contributed by atoms with E-state index in [0.29, 0.717) is 17.1 Å². The quantitative estimate of drug-likeness (QED) is 0.565. The number of benzene rings is 2. The Balaban J connectivity index is 1.75. The van der Waals surface area contributed by atoms with Crippen molar-refractivity contribution in [2.24, 2.45) is 0 Å². The van der Waals surface area contributed by atoms with Crippen LogP contribution >= 0.6 is 15.9 Å². The number of anilines is 1. The third kappa shape index (κ3) is 4.14. The van der Waals surface area contributed by atoms with E-state index in [1.54, 1.807) is 6.92 Å². The van der Waals surface area contributed by atoms with Crippen LogP contribution in [0.15, 0.2) is 57.5 Å². The zero-order valence-corrected chi connectivity index (χ0v) is 16.3. The minimum absolute atomic E-state index is 0.369. The normalized spacial score (nSPS) is 11.8. The number of nitrogens with one attached hydrogen (secondary N) is 1. The summed E-state index contributed by atoms with van der Waals surface area (Å²) in [6.45, 7) is 5.61. The lowest BCUT2D eigenvalue weighted by molar-refractivity contribution is 0.121. The molecule has 1 heterocycles. The predicted octanol–water partition coefficient (Wildman–Crippen LogP) is 6.03. The van der Waals surface area contributed by atoms with E-state index < -0.39 is 6.09 Å². The van der Waals surface area contributed by atoms with Crippen LogP contribution in [-0.4, -0.2) is 11.2 Å². The van der Waals surface area contributed by atoms with Crippen LogP contribution in [0, 0.1) is 13.8 Å². The molecule has 0 saturated carbocycles. The predicted molar refractivity (Wildman–Crippen MR) is 104 cm³/mol. The van der Waals surface area contributed by atoms with Crippen LogP contribution in [0.2, 0.25) is 0 Å². The van der Waals surface area contributed by atoms with Crippen molar-refractivity contribution in [3.63, 3.8) is 0 Å². The third-order valence-electron chi connectivity index (χ3n) is 3.99. The molecule has 0 unspecified atom stereocenters. The summed E-state index contributed by atoms with van der Waals surface area (Å²) < 4.78 is 11.9. The summed E-state index contributed by atoms with van der Waals surface area (Å²) in [5.41, 5.74) is 3.97. The van der Waals surface area contributed by atoms with E-state index in [-0.39, 0.29) is 6.10 Å². The molecule has 0 aliphatic rings. The van der Waals surface area contributed by atoms with E-state index in [0.717, 1.165) is 21.2 Å². The first kappa shape index (κ1) is 18.2. The van der Waals surface area contributed by atoms with Gasteiger partial charge < -0.3 is 9.26 Å². The first-order valence-electron chi connectivity index (χ1n) is 8.20. The fraction of sp³-hybridized carbons (Fsp3) is 0.200. The molecule has 1 amide bonds. The molecule has 1 N–H and O–H groups in total. The Morgan fingerprint density at radius 1 is 1.19 bits per heavy atom. The molecule has 0 aliphatic heterocycles. The SMILES string of the molecule is Cc1cccc([C@@H](C)OC(=O)Nc2c(C)noc2-c2ccc(Br)cc2)c1. The Bertz CT molecular complexity index is 919. The van der Waals surface area contributed by atoms with Crippen molar-refractivity contribution >= 4 is 27.7 Å². The Labute approximate surface area is 160 Å². The number of nitrogens with zero attached hydrogens (tertiary/aromatic N) is 1. The largest absolute Gasteiger partial charge is 0.441 e. The highest BCUT2D eigenvalue weighted by atomic mass is 79.9. The van der Waals surface area contributed by atoms with Crippen LogP contribution in [0.5, 0.6) is 0 Å². The van der Waals surface area contributed by atoms with E-state index in [9.17, 15) is 4.79 Å². The Morgan fingerprint density at radius 2 is 1.92 bits per heavy atom. The Kier molecular flexibility index (Phi) is 5.42. The van der Waals surface area contributed by atoms with Gasteiger partial charge in [-0.15, -0.1) is 0 Å². The number of amides is 1. The van der Waals surface area contributed by atoms with E-state index >= 15 is 0 Å². The maximum absolute atomic E-state index is 12.4. The van der Waals surface area contributed by atoms with Gasteiger partial charge in [-0.05, 0) is 50.6 Å². The van der Waals surface area contributed by atoms with Gasteiger partial charge in [-0.3, -0.25) is 5.32 Å². The number of hydrogen-bond donors (Lipinski definition) is 1. The van der Waals surface area contributed by atoms with Gasteiger partial charge in [0.05, 0.1) is 0 Å². The molecule has 0 bridgehead atoms. The Hall–Kier alpha value is -2.60. The molecule has 1 atom stereocenters. The highest BCUT2D eigenvalue weighted by molar-refractivity contribution is 9.10. The molecule has 0 fully saturated rings. The molecule has 6 heteroatoms. The average Bonchev–Trinajstić information content (AvgIpc) is 2.96. The molecule has 0 aliphatic carbocycles. The molecule has 26 heavy (non-hydrogen) atoms. The van der Waals surface area contributed by atoms with Crippen LogP contribution in [0.3, 0.4) is 0 Å². The Morgan fingerprint density at radius 3 is 2.62 bits per heavy atom. The van der Waals surface area contributed by atoms with Gasteiger partial charge >= 0.3 is 6.09 Å². The van der Waals surface area contributed by atoms with Gasteiger partial charge in [0.2, 0.25) is 0 Å². The van der Waals surface area contributed by atoms with Gasteiger partial charge in [-0.2, -0.15) is 0 Å². The zero-order valence-electron chi connectivity index (χ0n) is 14.7. The molecule has 0 radical (unpaired) electrons. The van der Waals surface area contributed by atoms with Crippen molar-refractivity contribution in [2.45, 2.75) is 26.9 Å². The minimum Gasteiger partial charge on any atom is -0.441 e. The van der Waals surface area contributed by atoms with Gasteiger partial charge in [0, 0.05) is 10.0 Å². The second kappa shape index (κ2) is 7.74. The molecule has 0 spiro atoms. The van der Waals surface area contributed by atoms with Crippen molar-refractivity contribution in [3.8, 4) is 11.3 Å². The third-order valence-corrected chi connectivity index (χ3v) is 4.52. The standard InChI is InChI=1S/C20H19BrN2O3/c1-12-5-4-6-16(11-12)14(3)25-20(24)22-18-13(2)23-26-19(18)15-7-9-17(21)10-8-15/h4-11,14H,1-3H3,(H,22,24)/t14-/m1/s1. The number of hydrogen-bond acceptors (Lipinski definition) is 4. The molecular formula is C20H19BrN2O3. The molecular weight excluding hydrogens is 396 g/mol. The van der Waals surface area contributed by atoms with E-state index in [1.807, 2.05) is 62.4 Å². The number of aromatic nitrogens is 1. The van der Waals surface area contributed by atoms with Crippen molar-refractivity contribution in [3.05, 3.63) is 69.8 Å². The van der Waals surface area contributed by atoms with Gasteiger partial charge in [0.25, 0.3) is 0 Å². The summed E-state index contributed by atoms with van der Waals surface area (Å²) in [5, 5.41) is 6.72. The maximum atomic E-state index is 12.4. The molecule has 3 aromatic rings. The lowest BCUT2D eigenvalue weighted by Gasteiger charge is -2.15. The van der Waals surface area contributed by atoms with Gasteiger partial charge in [0.15, 0.2) is 5.76 Å². The van der Waals surface area contributed by atoms with E-state index in [2.05, 4.69) is 26.4 Å². The average molecular weight is 415 g/mol. The molecule has 5 nitrogen and oxygen atoms in total. The number of halogens is 1. The van der Waals surface area contributed by atoms with Crippen molar-refractivity contribution in [1.29, 1.82) is 0 Å². The monoisotopic (exact) mass is 414 g/mol. The number of aryl methyl sites for hydroxylation is 2. The van der Waals surface area contributed by atoms with Crippen LogP contribution in [0.25, 0.3) is 11.3 Å². The second-order valence-electron chi connectivity index (χ2n) is 6.07. The smallest absolute Gasteiger partial charge is 0.412 e. The van der Waals surface area contributed by atoms with Gasteiger partial charge in [-0.25, -0.2) is 4.79 Å². The molecule has 3 rings (SSSR count). The first-order chi connectivity index (χ1) is 12.4. The summed E-state index contributed by atoms with van der Waals surface area (Å²) >= 11 is 3.40. The minimum atomic E-state index is -0.552. The molecule has 1 aromatic heterocycles. The highest BCUT2D eigenvalue weighted by Gasteiger charge is 2.19. The van der Waals surface area contributed by atoms with Crippen molar-refractivity contribution in [2.75, 3.05) is 5.32 Å². The van der Waals surface area contributed by atoms with E-state index in [4.69, 9.17) is 9.26 Å². The lowest BCUT2D eigenvalue weighted by Crippen LogP contribution is -2.16. The summed E-state index contributed by atoms with van der Waals surface area (Å²) in [6.07, 6.45) is -0.921. The summed E-state index contributed by atoms with van der Waals surface area (Å²) in [7, 11) is 0. The highest BCUT2D eigenvalue weighted by Crippen LogP contribution is 2.32. The first-order valence-corrected chi connectivity index (χ1v) is 8.99. The summed E-state index contributed by atoms with van der Waals surface area (Å²) in [6, 6.07) is 15.4. The van der Waals surface area contributed by atoms with Crippen molar-refractivity contribution < 1.29 is 14.1 Å². The number of carbonyl (C=O) groups is 1. The number of rotatable bonds is 4. The van der Waals surface area contributed by atoms with Gasteiger partial charge in [0.1, 0.15) is 17.5 Å². The topological polar surface area (TPSA) is 64.4 Å². The van der Waals surface area contributed by atoms with Crippen LogP contribution in [-0.2, 0) is 4.74 Å². The summed E-state index contributed by atoms with van der Waals surface area (Å²) in [4.78, 5) is 12.4. The van der Waals surface area contributed by atoms with Crippen LogP contribution < -0.4 is 5.32 Å². The number of carbonyl (C=O) groups excluding carboxylic acids is 1. The molecule has 2 aromatic carbocycles. The van der Waals surface area contributed by atoms with Crippen LogP contribution in [0.1, 0.15) is 29.8 Å². The van der Waals surface area contributed by atoms with Gasteiger partial charge in [-0.1, -0.05) is 50.9 Å². The van der Waals surface area contributed by atoms with Crippen LogP contribution in [0.4, 0.5) is 10.5 Å². The maximum Gasteiger partial charge on any atom is 0.412 e. The number of ether oxygens (including phenoxy) is 1. The second-order valence-corrected chi connectivity index (χ2v) is 6.98. The lowest BCUT2D eigenvalue weighted by atomic mass is 10.1. The zero-order chi connectivity index (χ0) is 18.7.